The van der Waals surface area contributed by atoms with E-state index in [0.29, 0.717) is 0 Å². The van der Waals surface area contributed by atoms with Gasteiger partial charge in [-0.25, -0.2) is 0 Å². The molecule has 1 heterocycles. The van der Waals surface area contributed by atoms with E-state index in [9.17, 15) is 23.1 Å². The van der Waals surface area contributed by atoms with Crippen molar-refractivity contribution in [3.8, 4) is 5.88 Å². The second kappa shape index (κ2) is 4.38. The highest BCUT2D eigenvalue weighted by molar-refractivity contribution is 5.94. The maximum atomic E-state index is 12.6. The molecule has 0 fully saturated rings. The molecule has 2 rings (SSSR count). The van der Waals surface area contributed by atoms with Crippen molar-refractivity contribution in [2.45, 2.75) is 13.1 Å². The third kappa shape index (κ3) is 2.56. The Labute approximate surface area is 104 Å². The molecule has 0 unspecified atom stereocenters. The molecule has 1 aromatic carbocycles. The van der Waals surface area contributed by atoms with Crippen LogP contribution in [0, 0.1) is 0 Å². The van der Waals surface area contributed by atoms with Gasteiger partial charge in [-0.15, -0.1) is 10.2 Å². The first-order valence-corrected chi connectivity index (χ1v) is 5.13. The molecule has 100 valence electrons. The SMILES string of the molecule is CC(=O)N=Nc1c(O)[nH]c2ccc(C(F)(F)F)cc12. The number of nitrogens with one attached hydrogen (secondary N) is 1. The zero-order valence-electron chi connectivity index (χ0n) is 9.62. The number of nitrogens with zero attached hydrogens (tertiary/aromatic N) is 2. The first kappa shape index (κ1) is 13.1. The van der Waals surface area contributed by atoms with E-state index in [4.69, 9.17) is 0 Å². The lowest BCUT2D eigenvalue weighted by molar-refractivity contribution is -0.137. The Morgan fingerprint density at radius 1 is 1.37 bits per heavy atom. The molecule has 0 saturated carbocycles. The van der Waals surface area contributed by atoms with E-state index < -0.39 is 23.5 Å². The lowest BCUT2D eigenvalue weighted by atomic mass is 10.1. The number of azo groups is 1. The maximum Gasteiger partial charge on any atom is 0.416 e. The first-order chi connectivity index (χ1) is 8.79. The summed E-state index contributed by atoms with van der Waals surface area (Å²) in [7, 11) is 0. The monoisotopic (exact) mass is 271 g/mol. The fraction of sp³-hybridized carbons (Fsp3) is 0.182. The number of benzene rings is 1. The molecule has 2 aromatic rings. The van der Waals surface area contributed by atoms with Crippen molar-refractivity contribution in [3.63, 3.8) is 0 Å². The number of alkyl halides is 3. The van der Waals surface area contributed by atoms with E-state index in [1.165, 1.54) is 6.07 Å². The van der Waals surface area contributed by atoms with Crippen molar-refractivity contribution in [2.75, 3.05) is 0 Å². The Balaban J connectivity index is 2.63. The molecule has 0 bridgehead atoms. The van der Waals surface area contributed by atoms with Crippen molar-refractivity contribution in [1.82, 2.24) is 4.98 Å². The van der Waals surface area contributed by atoms with Crippen LogP contribution in [0.5, 0.6) is 5.88 Å². The van der Waals surface area contributed by atoms with E-state index in [-0.39, 0.29) is 16.6 Å². The van der Waals surface area contributed by atoms with Crippen molar-refractivity contribution in [2.24, 2.45) is 10.2 Å². The normalized spacial score (nSPS) is 12.4. The number of carbonyl (C=O) groups is 1. The molecule has 8 heteroatoms. The summed E-state index contributed by atoms with van der Waals surface area (Å²) in [5, 5.41) is 16.2. The Morgan fingerprint density at radius 2 is 2.05 bits per heavy atom. The number of hydrogen-bond donors (Lipinski definition) is 2. The van der Waals surface area contributed by atoms with E-state index in [1.807, 2.05) is 0 Å². The number of carbonyl (C=O) groups excluding carboxylic acids is 1. The van der Waals surface area contributed by atoms with Crippen LogP contribution in [0.1, 0.15) is 12.5 Å². The summed E-state index contributed by atoms with van der Waals surface area (Å²) in [5.74, 6) is -1.07. The molecular weight excluding hydrogens is 263 g/mol. The smallest absolute Gasteiger partial charge is 0.416 e. The van der Waals surface area contributed by atoms with Crippen LogP contribution in [0.4, 0.5) is 18.9 Å². The zero-order valence-corrected chi connectivity index (χ0v) is 9.62. The number of amides is 1. The van der Waals surface area contributed by atoms with Gasteiger partial charge in [0.05, 0.1) is 11.1 Å². The lowest BCUT2D eigenvalue weighted by Crippen LogP contribution is -2.03. The topological polar surface area (TPSA) is 77.8 Å². The Hall–Kier alpha value is -2.38. The molecule has 5 nitrogen and oxygen atoms in total. The average molecular weight is 271 g/mol. The van der Waals surface area contributed by atoms with Gasteiger partial charge in [0.15, 0.2) is 5.69 Å². The molecule has 0 aliphatic heterocycles. The highest BCUT2D eigenvalue weighted by Crippen LogP contribution is 2.39. The molecule has 1 aromatic heterocycles. The second-order valence-corrected chi connectivity index (χ2v) is 3.80. The van der Waals surface area contributed by atoms with Gasteiger partial charge in [0.25, 0.3) is 5.91 Å². The van der Waals surface area contributed by atoms with Gasteiger partial charge < -0.3 is 10.1 Å². The van der Waals surface area contributed by atoms with Gasteiger partial charge in [0.1, 0.15) is 0 Å². The van der Waals surface area contributed by atoms with Gasteiger partial charge in [-0.05, 0) is 18.2 Å². The van der Waals surface area contributed by atoms with Crippen LogP contribution in [-0.4, -0.2) is 16.0 Å². The highest BCUT2D eigenvalue weighted by atomic mass is 19.4. The molecule has 19 heavy (non-hydrogen) atoms. The molecule has 0 spiro atoms. The largest absolute Gasteiger partial charge is 0.493 e. The van der Waals surface area contributed by atoms with Crippen LogP contribution in [0.2, 0.25) is 0 Å². The molecule has 0 saturated heterocycles. The summed E-state index contributed by atoms with van der Waals surface area (Å²) in [6, 6.07) is 2.88. The Morgan fingerprint density at radius 3 is 2.63 bits per heavy atom. The van der Waals surface area contributed by atoms with Crippen LogP contribution < -0.4 is 0 Å². The first-order valence-electron chi connectivity index (χ1n) is 5.13. The van der Waals surface area contributed by atoms with Crippen LogP contribution in [0.3, 0.4) is 0 Å². The zero-order chi connectivity index (χ0) is 14.2. The average Bonchev–Trinajstić information content (AvgIpc) is 2.59. The second-order valence-electron chi connectivity index (χ2n) is 3.80. The van der Waals surface area contributed by atoms with E-state index in [0.717, 1.165) is 19.1 Å². The third-order valence-electron chi connectivity index (χ3n) is 2.37. The third-order valence-corrected chi connectivity index (χ3v) is 2.37. The van der Waals surface area contributed by atoms with Crippen LogP contribution in [0.15, 0.2) is 28.4 Å². The van der Waals surface area contributed by atoms with Gasteiger partial charge in [-0.2, -0.15) is 13.2 Å². The number of fused-ring (bicyclic) bond motifs is 1. The molecule has 0 aliphatic rings. The fourth-order valence-electron chi connectivity index (χ4n) is 1.56. The summed E-state index contributed by atoms with van der Waals surface area (Å²) < 4.78 is 37.8. The quantitative estimate of drug-likeness (QED) is 0.778. The van der Waals surface area contributed by atoms with Crippen molar-refractivity contribution >= 4 is 22.5 Å². The number of hydrogen-bond acceptors (Lipinski definition) is 3. The minimum atomic E-state index is -4.50. The highest BCUT2D eigenvalue weighted by Gasteiger charge is 2.31. The van der Waals surface area contributed by atoms with Gasteiger partial charge in [-0.1, -0.05) is 0 Å². The molecule has 0 aliphatic carbocycles. The lowest BCUT2D eigenvalue weighted by Gasteiger charge is -2.05. The number of halogens is 3. The molecule has 2 N–H and O–H groups in total. The number of aromatic hydroxyl groups is 1. The number of aromatic nitrogens is 1. The van der Waals surface area contributed by atoms with Gasteiger partial charge in [0, 0.05) is 12.3 Å². The summed E-state index contributed by atoms with van der Waals surface area (Å²) in [4.78, 5) is 13.1. The number of H-pyrrole nitrogens is 1. The van der Waals surface area contributed by atoms with E-state index in [2.05, 4.69) is 15.2 Å². The van der Waals surface area contributed by atoms with E-state index >= 15 is 0 Å². The van der Waals surface area contributed by atoms with E-state index in [1.54, 1.807) is 0 Å². The molecule has 0 radical (unpaired) electrons. The van der Waals surface area contributed by atoms with Crippen LogP contribution in [0.25, 0.3) is 10.9 Å². The summed E-state index contributed by atoms with van der Waals surface area (Å²) in [5.41, 5.74) is -0.808. The Bertz CT molecular complexity index is 674. The van der Waals surface area contributed by atoms with Gasteiger partial charge in [-0.3, -0.25) is 4.79 Å². The summed E-state index contributed by atoms with van der Waals surface area (Å²) >= 11 is 0. The van der Waals surface area contributed by atoms with Crippen LogP contribution in [-0.2, 0) is 11.0 Å². The number of rotatable bonds is 1. The predicted molar refractivity (Wildman–Crippen MR) is 60.2 cm³/mol. The predicted octanol–water partition coefficient (Wildman–Crippen LogP) is 3.52. The van der Waals surface area contributed by atoms with Crippen molar-refractivity contribution in [3.05, 3.63) is 23.8 Å². The summed E-state index contributed by atoms with van der Waals surface area (Å²) in [6.45, 7) is 1.14. The van der Waals surface area contributed by atoms with Gasteiger partial charge >= 0.3 is 6.18 Å². The Kier molecular flexibility index (Phi) is 3.01. The molecule has 0 atom stereocenters. The van der Waals surface area contributed by atoms with Crippen molar-refractivity contribution < 1.29 is 23.1 Å². The maximum absolute atomic E-state index is 12.6. The van der Waals surface area contributed by atoms with Crippen molar-refractivity contribution in [1.29, 1.82) is 0 Å². The summed E-state index contributed by atoms with van der Waals surface area (Å²) in [6.07, 6.45) is -4.50. The fourth-order valence-corrected chi connectivity index (χ4v) is 1.56. The molecule has 1 amide bonds. The standard InChI is InChI=1S/C11H8F3N3O2/c1-5(18)16-17-9-7-4-6(11(12,13)14)2-3-8(7)15-10(9)19/h2-4,15,19H,1H3. The number of aromatic amines is 1. The van der Waals surface area contributed by atoms with Crippen LogP contribution >= 0.6 is 0 Å². The minimum absolute atomic E-state index is 0.0392. The minimum Gasteiger partial charge on any atom is -0.493 e. The van der Waals surface area contributed by atoms with Gasteiger partial charge in [0.2, 0.25) is 5.88 Å². The molecular formula is C11H8F3N3O2.